The zero-order valence-corrected chi connectivity index (χ0v) is 19.0. The number of aromatic nitrogens is 4. The summed E-state index contributed by atoms with van der Waals surface area (Å²) in [5, 5.41) is 11.0. The second-order valence-electron chi connectivity index (χ2n) is 8.14. The Morgan fingerprint density at radius 2 is 2.15 bits per heavy atom. The third-order valence-corrected chi connectivity index (χ3v) is 5.76. The van der Waals surface area contributed by atoms with Crippen LogP contribution in [0.5, 0.6) is 0 Å². The molecule has 2 amide bonds. The summed E-state index contributed by atoms with van der Waals surface area (Å²) in [5.41, 5.74) is 2.55. The van der Waals surface area contributed by atoms with E-state index >= 15 is 0 Å². The molecule has 0 aliphatic carbocycles. The number of nitrogens with one attached hydrogen (secondary N) is 3. The molecule has 3 aromatic rings. The van der Waals surface area contributed by atoms with E-state index in [9.17, 15) is 14.4 Å². The van der Waals surface area contributed by atoms with Crippen molar-refractivity contribution < 1.29 is 19.1 Å². The predicted molar refractivity (Wildman–Crippen MR) is 126 cm³/mol. The number of anilines is 1. The fourth-order valence-electron chi connectivity index (χ4n) is 4.10. The van der Waals surface area contributed by atoms with Gasteiger partial charge in [0.2, 0.25) is 11.8 Å². The Hall–Kier alpha value is -3.95. The number of pyridine rings is 1. The number of fused-ring (bicyclic) bond motifs is 1. The maximum Gasteiger partial charge on any atom is 0.330 e. The number of carbonyl (C=O) groups excluding carboxylic acids is 3. The largest absolute Gasteiger partial charge is 0.463 e. The van der Waals surface area contributed by atoms with Gasteiger partial charge in [0, 0.05) is 49.0 Å². The lowest BCUT2D eigenvalue weighted by Gasteiger charge is -2.34. The maximum atomic E-state index is 12.7. The van der Waals surface area contributed by atoms with Gasteiger partial charge in [0.05, 0.1) is 18.3 Å². The molecular formula is C24H28N6O4. The lowest BCUT2D eigenvalue weighted by molar-refractivity contribution is -0.138. The van der Waals surface area contributed by atoms with Gasteiger partial charge in [0.25, 0.3) is 0 Å². The number of aromatic amines is 2. The van der Waals surface area contributed by atoms with Crippen molar-refractivity contribution in [2.24, 2.45) is 0 Å². The molecule has 4 rings (SSSR count). The second-order valence-corrected chi connectivity index (χ2v) is 8.14. The van der Waals surface area contributed by atoms with Crippen LogP contribution in [0.3, 0.4) is 0 Å². The van der Waals surface area contributed by atoms with Gasteiger partial charge in [0.1, 0.15) is 5.65 Å². The molecule has 0 unspecified atom stereocenters. The van der Waals surface area contributed by atoms with Gasteiger partial charge >= 0.3 is 5.97 Å². The minimum Gasteiger partial charge on any atom is -0.463 e. The fraction of sp³-hybridized carbons (Fsp3) is 0.375. The van der Waals surface area contributed by atoms with Crippen LogP contribution in [0.4, 0.5) is 5.82 Å². The van der Waals surface area contributed by atoms with E-state index in [0.29, 0.717) is 25.2 Å². The molecule has 0 saturated carbocycles. The molecule has 3 N–H and O–H groups in total. The number of hydrogen-bond donors (Lipinski definition) is 3. The molecule has 0 aromatic carbocycles. The van der Waals surface area contributed by atoms with E-state index in [0.717, 1.165) is 47.6 Å². The number of H-pyrrole nitrogens is 2. The smallest absolute Gasteiger partial charge is 0.330 e. The van der Waals surface area contributed by atoms with Gasteiger partial charge in [-0.25, -0.2) is 9.78 Å². The number of piperidine rings is 1. The van der Waals surface area contributed by atoms with Crippen LogP contribution in [-0.2, 0) is 25.5 Å². The van der Waals surface area contributed by atoms with Crippen LogP contribution >= 0.6 is 0 Å². The predicted octanol–water partition coefficient (Wildman–Crippen LogP) is 3.03. The van der Waals surface area contributed by atoms with Crippen LogP contribution in [0.25, 0.3) is 11.0 Å². The van der Waals surface area contributed by atoms with Crippen LogP contribution in [0, 0.1) is 0 Å². The molecule has 4 heterocycles. The van der Waals surface area contributed by atoms with E-state index in [2.05, 4.69) is 25.5 Å². The summed E-state index contributed by atoms with van der Waals surface area (Å²) in [6.45, 7) is 2.55. The molecule has 1 saturated heterocycles. The van der Waals surface area contributed by atoms with Gasteiger partial charge in [0.15, 0.2) is 5.82 Å². The summed E-state index contributed by atoms with van der Waals surface area (Å²) in [6, 6.07) is 5.52. The van der Waals surface area contributed by atoms with E-state index in [-0.39, 0.29) is 24.5 Å². The van der Waals surface area contributed by atoms with Crippen molar-refractivity contribution in [2.75, 3.05) is 18.5 Å². The van der Waals surface area contributed by atoms with Crippen LogP contribution in [0.15, 0.2) is 42.7 Å². The molecule has 1 atom stereocenters. The van der Waals surface area contributed by atoms with Crippen molar-refractivity contribution >= 4 is 34.6 Å². The second kappa shape index (κ2) is 10.8. The van der Waals surface area contributed by atoms with Crippen molar-refractivity contribution in [3.8, 4) is 0 Å². The van der Waals surface area contributed by atoms with Gasteiger partial charge in [-0.05, 0) is 50.3 Å². The Balaban J connectivity index is 1.34. The Morgan fingerprint density at radius 1 is 1.26 bits per heavy atom. The molecule has 178 valence electrons. The molecule has 10 nitrogen and oxygen atoms in total. The highest BCUT2D eigenvalue weighted by molar-refractivity contribution is 5.95. The first-order valence-electron chi connectivity index (χ1n) is 11.5. The maximum absolute atomic E-state index is 12.7. The van der Waals surface area contributed by atoms with E-state index in [1.165, 1.54) is 6.08 Å². The lowest BCUT2D eigenvalue weighted by Crippen LogP contribution is -2.37. The van der Waals surface area contributed by atoms with E-state index < -0.39 is 5.97 Å². The van der Waals surface area contributed by atoms with Crippen LogP contribution in [0.1, 0.15) is 49.9 Å². The molecule has 10 heteroatoms. The Morgan fingerprint density at radius 3 is 3.00 bits per heavy atom. The third-order valence-electron chi connectivity index (χ3n) is 5.76. The molecule has 34 heavy (non-hydrogen) atoms. The zero-order chi connectivity index (χ0) is 23.9. The summed E-state index contributed by atoms with van der Waals surface area (Å²) in [4.78, 5) is 45.8. The van der Waals surface area contributed by atoms with Crippen molar-refractivity contribution in [2.45, 2.75) is 45.1 Å². The molecule has 1 fully saturated rings. The van der Waals surface area contributed by atoms with Gasteiger partial charge in [-0.1, -0.05) is 0 Å². The molecule has 3 aromatic heterocycles. The van der Waals surface area contributed by atoms with Gasteiger partial charge < -0.3 is 19.9 Å². The number of esters is 1. The standard InChI is InChI=1S/C24H28N6O4/c1-2-34-23(33)9-8-22(32)30-12-4-3-5-19(30)18-14-20(29-28-18)27-21(31)7-6-16-13-17-10-11-25-24(17)26-15-16/h8-11,13-15,19H,2-7,12H2,1H3,(H,25,26)(H2,27,28,29,31)/b9-8+/t19-/m1/s1. The number of hydrogen-bond acceptors (Lipinski definition) is 6. The van der Waals surface area contributed by atoms with Crippen LogP contribution in [0.2, 0.25) is 0 Å². The van der Waals surface area contributed by atoms with Crippen molar-refractivity contribution in [3.63, 3.8) is 0 Å². The van der Waals surface area contributed by atoms with Crippen LogP contribution in [-0.4, -0.2) is 56.0 Å². The average Bonchev–Trinajstić information content (AvgIpc) is 3.50. The fourth-order valence-corrected chi connectivity index (χ4v) is 4.10. The average molecular weight is 465 g/mol. The first-order valence-corrected chi connectivity index (χ1v) is 11.5. The summed E-state index contributed by atoms with van der Waals surface area (Å²) in [7, 11) is 0. The number of likely N-dealkylation sites (tertiary alicyclic amines) is 1. The number of amides is 2. The number of ether oxygens (including phenoxy) is 1. The number of nitrogens with zero attached hydrogens (tertiary/aromatic N) is 3. The highest BCUT2D eigenvalue weighted by atomic mass is 16.5. The molecule has 1 aliphatic rings. The highest BCUT2D eigenvalue weighted by Crippen LogP contribution is 2.31. The summed E-state index contributed by atoms with van der Waals surface area (Å²) in [5.74, 6) is -0.536. The van der Waals surface area contributed by atoms with Crippen LogP contribution < -0.4 is 5.32 Å². The summed E-state index contributed by atoms with van der Waals surface area (Å²) >= 11 is 0. The SMILES string of the molecule is CCOC(=O)/C=C/C(=O)N1CCCC[C@@H]1c1cc(NC(=O)CCc2cnc3[nH]ccc3c2)n[nH]1. The quantitative estimate of drug-likeness (QED) is 0.347. The Labute approximate surface area is 196 Å². The Bertz CT molecular complexity index is 1200. The van der Waals surface area contributed by atoms with Gasteiger partial charge in [-0.15, -0.1) is 0 Å². The lowest BCUT2D eigenvalue weighted by atomic mass is 9.99. The monoisotopic (exact) mass is 464 g/mol. The van der Waals surface area contributed by atoms with E-state index in [1.54, 1.807) is 24.1 Å². The molecule has 0 spiro atoms. The zero-order valence-electron chi connectivity index (χ0n) is 19.0. The van der Waals surface area contributed by atoms with E-state index in [1.807, 2.05) is 18.3 Å². The number of aryl methyl sites for hydroxylation is 1. The topological polar surface area (TPSA) is 133 Å². The molecule has 0 radical (unpaired) electrons. The van der Waals surface area contributed by atoms with Gasteiger partial charge in [-0.3, -0.25) is 14.7 Å². The van der Waals surface area contributed by atoms with Gasteiger partial charge in [-0.2, -0.15) is 5.10 Å². The van der Waals surface area contributed by atoms with Crippen molar-refractivity contribution in [1.82, 2.24) is 25.1 Å². The first kappa shape index (κ1) is 23.2. The van der Waals surface area contributed by atoms with E-state index in [4.69, 9.17) is 4.74 Å². The number of rotatable bonds is 8. The minimum atomic E-state index is -0.542. The molecule has 0 bridgehead atoms. The number of carbonyl (C=O) groups is 3. The first-order chi connectivity index (χ1) is 16.5. The van der Waals surface area contributed by atoms with Crippen molar-refractivity contribution in [3.05, 3.63) is 54.0 Å². The Kier molecular flexibility index (Phi) is 7.36. The normalized spacial score (nSPS) is 16.1. The molecular weight excluding hydrogens is 436 g/mol. The highest BCUT2D eigenvalue weighted by Gasteiger charge is 2.28. The summed E-state index contributed by atoms with van der Waals surface area (Å²) < 4.78 is 4.84. The molecule has 1 aliphatic heterocycles. The third kappa shape index (κ3) is 5.69. The minimum absolute atomic E-state index is 0.152. The van der Waals surface area contributed by atoms with Crippen molar-refractivity contribution in [1.29, 1.82) is 0 Å². The summed E-state index contributed by atoms with van der Waals surface area (Å²) in [6.07, 6.45) is 9.48.